The quantitative estimate of drug-likeness (QED) is 0.352. The third-order valence-corrected chi connectivity index (χ3v) is 5.24. The summed E-state index contributed by atoms with van der Waals surface area (Å²) in [6.07, 6.45) is -4.31. The molecule has 184 valence electrons. The van der Waals surface area contributed by atoms with Gasteiger partial charge in [-0.2, -0.15) is 0 Å². The van der Waals surface area contributed by atoms with Crippen molar-refractivity contribution in [1.29, 1.82) is 0 Å². The number of anilines is 1. The fourth-order valence-corrected chi connectivity index (χ4v) is 3.66. The number of carboxylic acid groups (broad SMARTS) is 1. The highest BCUT2D eigenvalue weighted by Crippen LogP contribution is 2.26. The highest BCUT2D eigenvalue weighted by Gasteiger charge is 2.47. The third kappa shape index (κ3) is 6.99. The Kier molecular flexibility index (Phi) is 9.37. The van der Waals surface area contributed by atoms with Gasteiger partial charge in [0.1, 0.15) is 31.0 Å². The first-order valence-electron chi connectivity index (χ1n) is 11.0. The van der Waals surface area contributed by atoms with Gasteiger partial charge < -0.3 is 40.2 Å². The summed E-state index contributed by atoms with van der Waals surface area (Å²) >= 11 is 0. The van der Waals surface area contributed by atoms with Crippen LogP contribution in [0.4, 0.5) is 5.69 Å². The van der Waals surface area contributed by atoms with Gasteiger partial charge >= 0.3 is 5.97 Å². The number of amides is 1. The van der Waals surface area contributed by atoms with Crippen molar-refractivity contribution in [2.75, 3.05) is 25.6 Å². The normalized spacial score (nSPS) is 24.5. The molecule has 10 nitrogen and oxygen atoms in total. The fraction of sp³-hybridized carbons (Fsp3) is 0.417. The number of carbonyl (C=O) groups excluding carboxylic acids is 1. The number of aliphatic carboxylic acids is 1. The molecule has 0 aliphatic carbocycles. The van der Waals surface area contributed by atoms with E-state index in [0.717, 1.165) is 5.56 Å². The Morgan fingerprint density at radius 1 is 1.12 bits per heavy atom. The molecule has 1 fully saturated rings. The molecule has 0 aromatic heterocycles. The number of hydrogen-bond acceptors (Lipinski definition) is 8. The Balaban J connectivity index is 1.75. The first-order valence-corrected chi connectivity index (χ1v) is 11.0. The monoisotopic (exact) mass is 474 g/mol. The molecule has 1 aliphatic heterocycles. The van der Waals surface area contributed by atoms with Crippen molar-refractivity contribution in [2.45, 2.75) is 44.2 Å². The molecule has 0 bridgehead atoms. The van der Waals surface area contributed by atoms with Crippen LogP contribution in [-0.4, -0.2) is 72.6 Å². The van der Waals surface area contributed by atoms with Crippen LogP contribution in [0.15, 0.2) is 54.6 Å². The van der Waals surface area contributed by atoms with Gasteiger partial charge in [0, 0.05) is 17.9 Å². The van der Waals surface area contributed by atoms with Gasteiger partial charge in [-0.15, -0.1) is 0 Å². The van der Waals surface area contributed by atoms with E-state index in [-0.39, 0.29) is 18.8 Å². The number of benzene rings is 2. The molecule has 5 atom stereocenters. The zero-order valence-corrected chi connectivity index (χ0v) is 18.8. The maximum absolute atomic E-state index is 12.9. The Bertz CT molecular complexity index is 942. The molecule has 2 aromatic rings. The van der Waals surface area contributed by atoms with Gasteiger partial charge in [0.25, 0.3) is 5.91 Å². The Morgan fingerprint density at radius 2 is 1.88 bits per heavy atom. The summed E-state index contributed by atoms with van der Waals surface area (Å²) in [4.78, 5) is 24.0. The molecule has 5 N–H and O–H groups in total. The van der Waals surface area contributed by atoms with Gasteiger partial charge in [0.2, 0.25) is 0 Å². The second-order valence-electron chi connectivity index (χ2n) is 7.78. The Hall–Kier alpha value is -3.02. The van der Waals surface area contributed by atoms with Crippen molar-refractivity contribution in [3.8, 4) is 0 Å². The summed E-state index contributed by atoms with van der Waals surface area (Å²) in [5.74, 6) is -1.72. The van der Waals surface area contributed by atoms with E-state index in [1.165, 1.54) is 6.07 Å². The van der Waals surface area contributed by atoms with Crippen LogP contribution in [0.2, 0.25) is 0 Å². The number of nitrogen functional groups attached to an aromatic ring is 1. The van der Waals surface area contributed by atoms with E-state index in [4.69, 9.17) is 29.8 Å². The van der Waals surface area contributed by atoms with Crippen molar-refractivity contribution >= 4 is 17.6 Å². The summed E-state index contributed by atoms with van der Waals surface area (Å²) in [5.41, 5.74) is 7.41. The molecule has 0 spiro atoms. The average molecular weight is 475 g/mol. The van der Waals surface area contributed by atoms with Crippen LogP contribution in [0.1, 0.15) is 22.8 Å². The molecule has 1 aliphatic rings. The molecule has 0 radical (unpaired) electrons. The smallest absolute Gasteiger partial charge is 0.329 e. The second kappa shape index (κ2) is 12.4. The predicted molar refractivity (Wildman–Crippen MR) is 122 cm³/mol. The second-order valence-corrected chi connectivity index (χ2v) is 7.78. The number of aliphatic hydroxyl groups excluding tert-OH is 1. The SMILES string of the molecule is CCO[C@@H]1OC(COCc2ccccc2)[C@@H](O)C(OCC(=O)O)C1NC(=O)c1cccc(N)c1. The van der Waals surface area contributed by atoms with Gasteiger partial charge in [-0.1, -0.05) is 36.4 Å². The highest BCUT2D eigenvalue weighted by molar-refractivity contribution is 5.95. The van der Waals surface area contributed by atoms with Crippen molar-refractivity contribution in [3.63, 3.8) is 0 Å². The van der Waals surface area contributed by atoms with Crippen LogP contribution in [0, 0.1) is 0 Å². The van der Waals surface area contributed by atoms with Crippen LogP contribution in [0.3, 0.4) is 0 Å². The molecule has 1 heterocycles. The lowest BCUT2D eigenvalue weighted by Crippen LogP contribution is -2.65. The lowest BCUT2D eigenvalue weighted by atomic mass is 9.96. The van der Waals surface area contributed by atoms with E-state index >= 15 is 0 Å². The van der Waals surface area contributed by atoms with Gasteiger partial charge in [-0.3, -0.25) is 4.79 Å². The molecule has 2 aromatic carbocycles. The van der Waals surface area contributed by atoms with Gasteiger partial charge in [0.05, 0.1) is 13.2 Å². The molecule has 0 saturated carbocycles. The van der Waals surface area contributed by atoms with Crippen molar-refractivity contribution < 1.29 is 38.7 Å². The molecular weight excluding hydrogens is 444 g/mol. The number of ether oxygens (including phenoxy) is 4. The molecule has 1 saturated heterocycles. The van der Waals surface area contributed by atoms with Crippen molar-refractivity contribution in [2.24, 2.45) is 0 Å². The largest absolute Gasteiger partial charge is 0.480 e. The molecule has 3 rings (SSSR count). The number of carboxylic acids is 1. The Morgan fingerprint density at radius 3 is 2.56 bits per heavy atom. The van der Waals surface area contributed by atoms with Crippen LogP contribution in [0.25, 0.3) is 0 Å². The number of hydrogen-bond donors (Lipinski definition) is 4. The lowest BCUT2D eigenvalue weighted by molar-refractivity contribution is -0.277. The average Bonchev–Trinajstić information content (AvgIpc) is 2.82. The maximum atomic E-state index is 12.9. The van der Waals surface area contributed by atoms with Crippen LogP contribution in [0.5, 0.6) is 0 Å². The standard InChI is InChI=1S/C24H30N2O8/c1-2-32-24-20(26-23(30)16-9-6-10-17(25)11-16)22(33-14-19(27)28)21(29)18(34-24)13-31-12-15-7-4-3-5-8-15/h3-11,18,20-22,24,29H,2,12-14,25H2,1H3,(H,26,30)(H,27,28)/t18?,20?,21-,22?,24-/m1/s1. The van der Waals surface area contributed by atoms with Gasteiger partial charge in [-0.05, 0) is 30.7 Å². The summed E-state index contributed by atoms with van der Waals surface area (Å²) in [7, 11) is 0. The minimum absolute atomic E-state index is 0.00243. The number of rotatable bonds is 11. The van der Waals surface area contributed by atoms with Gasteiger partial charge in [0.15, 0.2) is 6.29 Å². The van der Waals surface area contributed by atoms with E-state index in [9.17, 15) is 14.7 Å². The van der Waals surface area contributed by atoms with E-state index in [1.807, 2.05) is 30.3 Å². The van der Waals surface area contributed by atoms with E-state index in [1.54, 1.807) is 25.1 Å². The lowest BCUT2D eigenvalue weighted by Gasteiger charge is -2.44. The molecule has 3 unspecified atom stereocenters. The number of carbonyl (C=O) groups is 2. The minimum Gasteiger partial charge on any atom is -0.480 e. The van der Waals surface area contributed by atoms with Crippen molar-refractivity contribution in [1.82, 2.24) is 5.32 Å². The molecular formula is C24H30N2O8. The number of nitrogens with two attached hydrogens (primary N) is 1. The predicted octanol–water partition coefficient (Wildman–Crippen LogP) is 1.18. The highest BCUT2D eigenvalue weighted by atomic mass is 16.7. The minimum atomic E-state index is -1.29. The molecule has 1 amide bonds. The van der Waals surface area contributed by atoms with Crippen LogP contribution >= 0.6 is 0 Å². The summed E-state index contributed by atoms with van der Waals surface area (Å²) in [6.45, 7) is 1.61. The van der Waals surface area contributed by atoms with Gasteiger partial charge in [-0.25, -0.2) is 4.79 Å². The zero-order chi connectivity index (χ0) is 24.5. The Labute approximate surface area is 197 Å². The molecule has 10 heteroatoms. The van der Waals surface area contributed by atoms with Crippen molar-refractivity contribution in [3.05, 3.63) is 65.7 Å². The fourth-order valence-electron chi connectivity index (χ4n) is 3.66. The summed E-state index contributed by atoms with van der Waals surface area (Å²) < 4.78 is 22.8. The summed E-state index contributed by atoms with van der Waals surface area (Å²) in [5, 5.41) is 22.8. The van der Waals surface area contributed by atoms with E-state index < -0.39 is 49.1 Å². The zero-order valence-electron chi connectivity index (χ0n) is 18.8. The van der Waals surface area contributed by atoms with Crippen LogP contribution < -0.4 is 11.1 Å². The topological polar surface area (TPSA) is 150 Å². The number of aliphatic hydroxyl groups is 1. The third-order valence-electron chi connectivity index (χ3n) is 5.24. The van der Waals surface area contributed by atoms with E-state index in [2.05, 4.69) is 5.32 Å². The first kappa shape index (κ1) is 25.6. The number of nitrogens with one attached hydrogen (secondary N) is 1. The first-order chi connectivity index (χ1) is 16.4. The van der Waals surface area contributed by atoms with Crippen LogP contribution in [-0.2, 0) is 30.3 Å². The summed E-state index contributed by atoms with van der Waals surface area (Å²) in [6, 6.07) is 14.8. The maximum Gasteiger partial charge on any atom is 0.329 e. The molecule has 34 heavy (non-hydrogen) atoms. The van der Waals surface area contributed by atoms with E-state index in [0.29, 0.717) is 12.3 Å².